The third kappa shape index (κ3) is 5.02. The minimum Gasteiger partial charge on any atom is -0.506 e. The Morgan fingerprint density at radius 2 is 2.11 bits per heavy atom. The molecular formula is C14H24N2O2. The first kappa shape index (κ1) is 14.9. The molecule has 4 nitrogen and oxygen atoms in total. The van der Waals surface area contributed by atoms with Gasteiger partial charge in [-0.2, -0.15) is 0 Å². The number of aliphatic hydroxyl groups excluding tert-OH is 1. The fourth-order valence-corrected chi connectivity index (χ4v) is 2.07. The Morgan fingerprint density at radius 1 is 1.33 bits per heavy atom. The summed E-state index contributed by atoms with van der Waals surface area (Å²) >= 11 is 0. The molecule has 18 heavy (non-hydrogen) atoms. The molecular weight excluding hydrogens is 228 g/mol. The third-order valence-corrected chi connectivity index (χ3v) is 3.05. The number of pyridine rings is 1. The van der Waals surface area contributed by atoms with Crippen LogP contribution in [0.3, 0.4) is 0 Å². The van der Waals surface area contributed by atoms with Gasteiger partial charge in [-0.05, 0) is 44.4 Å². The van der Waals surface area contributed by atoms with Crippen LogP contribution in [0.4, 0.5) is 0 Å². The number of aliphatic hydroxyl groups is 1. The van der Waals surface area contributed by atoms with E-state index in [2.05, 4.69) is 17.2 Å². The Bertz CT molecular complexity index is 350. The predicted molar refractivity (Wildman–Crippen MR) is 72.4 cm³/mol. The molecule has 1 unspecified atom stereocenters. The van der Waals surface area contributed by atoms with E-state index in [1.54, 1.807) is 12.1 Å². The van der Waals surface area contributed by atoms with E-state index < -0.39 is 0 Å². The summed E-state index contributed by atoms with van der Waals surface area (Å²) < 4.78 is 0. The normalized spacial score (nSPS) is 12.6. The van der Waals surface area contributed by atoms with Crippen LogP contribution in [-0.2, 0) is 6.54 Å². The van der Waals surface area contributed by atoms with Gasteiger partial charge in [0.05, 0.1) is 5.69 Å². The Kier molecular flexibility index (Phi) is 6.68. The van der Waals surface area contributed by atoms with Crippen molar-refractivity contribution in [2.45, 2.75) is 39.7 Å². The van der Waals surface area contributed by atoms with Crippen LogP contribution in [0.2, 0.25) is 0 Å². The zero-order chi connectivity index (χ0) is 13.4. The fourth-order valence-electron chi connectivity index (χ4n) is 2.07. The lowest BCUT2D eigenvalue weighted by Gasteiger charge is -2.15. The summed E-state index contributed by atoms with van der Waals surface area (Å²) in [6.45, 7) is 5.72. The number of aryl methyl sites for hydroxylation is 1. The SMILES string of the molecule is CCCC(CCO)CNCc1nc(C)ccc1O. The second kappa shape index (κ2) is 8.06. The predicted octanol–water partition coefficient (Wildman–Crippen LogP) is 1.98. The van der Waals surface area contributed by atoms with Gasteiger partial charge in [-0.3, -0.25) is 4.98 Å². The van der Waals surface area contributed by atoms with Gasteiger partial charge in [0.15, 0.2) is 0 Å². The minimum absolute atomic E-state index is 0.236. The van der Waals surface area contributed by atoms with Gasteiger partial charge >= 0.3 is 0 Å². The maximum atomic E-state index is 9.66. The monoisotopic (exact) mass is 252 g/mol. The second-order valence-electron chi connectivity index (χ2n) is 4.72. The van der Waals surface area contributed by atoms with Crippen molar-refractivity contribution >= 4 is 0 Å². The van der Waals surface area contributed by atoms with E-state index in [1.807, 2.05) is 6.92 Å². The van der Waals surface area contributed by atoms with E-state index >= 15 is 0 Å². The number of aromatic hydroxyl groups is 1. The van der Waals surface area contributed by atoms with Gasteiger partial charge in [0.25, 0.3) is 0 Å². The molecule has 3 N–H and O–H groups in total. The van der Waals surface area contributed by atoms with Crippen molar-refractivity contribution in [2.24, 2.45) is 5.92 Å². The molecule has 0 saturated heterocycles. The van der Waals surface area contributed by atoms with E-state index in [0.717, 1.165) is 31.5 Å². The first-order valence-electron chi connectivity index (χ1n) is 6.64. The molecule has 1 aromatic rings. The summed E-state index contributed by atoms with van der Waals surface area (Å²) in [7, 11) is 0. The van der Waals surface area contributed by atoms with E-state index in [1.165, 1.54) is 0 Å². The number of hydrogen-bond acceptors (Lipinski definition) is 4. The molecule has 1 atom stereocenters. The number of aromatic nitrogens is 1. The highest BCUT2D eigenvalue weighted by molar-refractivity contribution is 5.27. The lowest BCUT2D eigenvalue weighted by atomic mass is 10.0. The summed E-state index contributed by atoms with van der Waals surface area (Å²) in [6.07, 6.45) is 3.06. The zero-order valence-electron chi connectivity index (χ0n) is 11.3. The van der Waals surface area contributed by atoms with E-state index in [0.29, 0.717) is 18.2 Å². The highest BCUT2D eigenvalue weighted by Crippen LogP contribution is 2.15. The highest BCUT2D eigenvalue weighted by atomic mass is 16.3. The maximum absolute atomic E-state index is 9.66. The molecule has 0 saturated carbocycles. The van der Waals surface area contributed by atoms with Crippen molar-refractivity contribution in [3.8, 4) is 5.75 Å². The van der Waals surface area contributed by atoms with Crippen LogP contribution in [0.15, 0.2) is 12.1 Å². The molecule has 0 aliphatic heterocycles. The van der Waals surface area contributed by atoms with Gasteiger partial charge in [-0.15, -0.1) is 0 Å². The van der Waals surface area contributed by atoms with Gasteiger partial charge in [0.2, 0.25) is 0 Å². The molecule has 0 aliphatic rings. The Morgan fingerprint density at radius 3 is 2.78 bits per heavy atom. The molecule has 0 amide bonds. The molecule has 0 spiro atoms. The molecule has 0 radical (unpaired) electrons. The topological polar surface area (TPSA) is 65.4 Å². The van der Waals surface area contributed by atoms with E-state index in [9.17, 15) is 5.11 Å². The average Bonchev–Trinajstić information content (AvgIpc) is 2.34. The number of nitrogens with zero attached hydrogens (tertiary/aromatic N) is 1. The lowest BCUT2D eigenvalue weighted by Crippen LogP contribution is -2.23. The standard InChI is InChI=1S/C14H24N2O2/c1-3-4-12(7-8-17)9-15-10-13-14(18)6-5-11(2)16-13/h5-6,12,15,17-18H,3-4,7-10H2,1-2H3. The van der Waals surface area contributed by atoms with Crippen LogP contribution in [0.5, 0.6) is 5.75 Å². The summed E-state index contributed by atoms with van der Waals surface area (Å²) in [5.41, 5.74) is 1.60. The largest absolute Gasteiger partial charge is 0.506 e. The van der Waals surface area contributed by atoms with Crippen molar-refractivity contribution in [3.05, 3.63) is 23.5 Å². The summed E-state index contributed by atoms with van der Waals surface area (Å²) in [6, 6.07) is 3.47. The van der Waals surface area contributed by atoms with Crippen LogP contribution < -0.4 is 5.32 Å². The van der Waals surface area contributed by atoms with Crippen LogP contribution >= 0.6 is 0 Å². The number of rotatable bonds is 8. The zero-order valence-corrected chi connectivity index (χ0v) is 11.3. The molecule has 1 rings (SSSR count). The van der Waals surface area contributed by atoms with Crippen LogP contribution in [0.1, 0.15) is 37.6 Å². The smallest absolute Gasteiger partial charge is 0.138 e. The Labute approximate surface area is 109 Å². The highest BCUT2D eigenvalue weighted by Gasteiger charge is 2.08. The van der Waals surface area contributed by atoms with E-state index in [4.69, 9.17) is 5.11 Å². The molecule has 4 heteroatoms. The molecule has 1 aromatic heterocycles. The van der Waals surface area contributed by atoms with E-state index in [-0.39, 0.29) is 12.4 Å². The van der Waals surface area contributed by atoms with Gasteiger partial charge in [-0.25, -0.2) is 0 Å². The molecule has 0 bridgehead atoms. The molecule has 1 heterocycles. The Hall–Kier alpha value is -1.13. The summed E-state index contributed by atoms with van der Waals surface area (Å²) in [5.74, 6) is 0.731. The van der Waals surface area contributed by atoms with Crippen molar-refractivity contribution in [1.29, 1.82) is 0 Å². The summed E-state index contributed by atoms with van der Waals surface area (Å²) in [5, 5.41) is 22.0. The van der Waals surface area contributed by atoms with Crippen LogP contribution in [0.25, 0.3) is 0 Å². The van der Waals surface area contributed by atoms with Crippen molar-refractivity contribution in [1.82, 2.24) is 10.3 Å². The maximum Gasteiger partial charge on any atom is 0.138 e. The van der Waals surface area contributed by atoms with Gasteiger partial charge < -0.3 is 15.5 Å². The number of nitrogens with one attached hydrogen (secondary N) is 1. The molecule has 0 aliphatic carbocycles. The Balaban J connectivity index is 2.41. The van der Waals surface area contributed by atoms with Gasteiger partial charge in [0.1, 0.15) is 5.75 Å². The minimum atomic E-state index is 0.236. The summed E-state index contributed by atoms with van der Waals surface area (Å²) in [4.78, 5) is 4.30. The average molecular weight is 252 g/mol. The van der Waals surface area contributed by atoms with Crippen LogP contribution in [-0.4, -0.2) is 28.3 Å². The number of hydrogen-bond donors (Lipinski definition) is 3. The first-order valence-corrected chi connectivity index (χ1v) is 6.64. The van der Waals surface area contributed by atoms with Crippen molar-refractivity contribution in [2.75, 3.05) is 13.2 Å². The first-order chi connectivity index (χ1) is 8.67. The van der Waals surface area contributed by atoms with Crippen molar-refractivity contribution in [3.63, 3.8) is 0 Å². The molecule has 102 valence electrons. The van der Waals surface area contributed by atoms with Gasteiger partial charge in [-0.1, -0.05) is 13.3 Å². The molecule has 0 fully saturated rings. The van der Waals surface area contributed by atoms with Crippen LogP contribution in [0, 0.1) is 12.8 Å². The third-order valence-electron chi connectivity index (χ3n) is 3.05. The fraction of sp³-hybridized carbons (Fsp3) is 0.643. The quantitative estimate of drug-likeness (QED) is 0.662. The van der Waals surface area contributed by atoms with Gasteiger partial charge in [0, 0.05) is 18.8 Å². The van der Waals surface area contributed by atoms with Crippen molar-refractivity contribution < 1.29 is 10.2 Å². The lowest BCUT2D eigenvalue weighted by molar-refractivity contribution is 0.247. The molecule has 0 aromatic carbocycles. The second-order valence-corrected chi connectivity index (χ2v) is 4.72.